The molecule has 4 heteroatoms. The number of ether oxygens (including phenoxy) is 2. The molecule has 1 aromatic rings. The van der Waals surface area contributed by atoms with E-state index < -0.39 is 23.0 Å². The van der Waals surface area contributed by atoms with Gasteiger partial charge in [0.1, 0.15) is 5.60 Å². The lowest BCUT2D eigenvalue weighted by atomic mass is 9.80. The molecule has 0 aromatic heterocycles. The van der Waals surface area contributed by atoms with Crippen molar-refractivity contribution in [2.45, 2.75) is 32.3 Å². The molecule has 0 amide bonds. The Morgan fingerprint density at radius 1 is 1.41 bits per heavy atom. The van der Waals surface area contributed by atoms with Crippen LogP contribution in [0.2, 0.25) is 0 Å². The summed E-state index contributed by atoms with van der Waals surface area (Å²) in [6, 6.07) is 9.80. The van der Waals surface area contributed by atoms with Crippen molar-refractivity contribution in [1.82, 2.24) is 0 Å². The first-order valence-corrected chi connectivity index (χ1v) is 7.58. The minimum absolute atomic E-state index is 0.0722. The maximum atomic E-state index is 12.3. The Morgan fingerprint density at radius 2 is 2.09 bits per heavy atom. The summed E-state index contributed by atoms with van der Waals surface area (Å²) < 4.78 is 10.7. The summed E-state index contributed by atoms with van der Waals surface area (Å²) in [5, 5.41) is 0. The molecule has 0 unspecified atom stereocenters. The highest BCUT2D eigenvalue weighted by Gasteiger charge is 2.70. The molecule has 2 fully saturated rings. The summed E-state index contributed by atoms with van der Waals surface area (Å²) in [5.74, 6) is -0.991. The van der Waals surface area contributed by atoms with Crippen LogP contribution in [0.5, 0.6) is 0 Å². The second kappa shape index (κ2) is 4.97. The first kappa shape index (κ1) is 14.8. The number of hydrogen-bond acceptors (Lipinski definition) is 4. The Balaban J connectivity index is 1.92. The van der Waals surface area contributed by atoms with Gasteiger partial charge in [-0.25, -0.2) is 0 Å². The van der Waals surface area contributed by atoms with Crippen molar-refractivity contribution in [2.75, 3.05) is 6.61 Å². The Labute approximate surface area is 130 Å². The highest BCUT2D eigenvalue weighted by Crippen LogP contribution is 2.60. The van der Waals surface area contributed by atoms with Crippen molar-refractivity contribution >= 4 is 17.5 Å². The number of fused-ring (bicyclic) bond motifs is 2. The second-order valence-electron chi connectivity index (χ2n) is 6.33. The van der Waals surface area contributed by atoms with Crippen LogP contribution in [0.15, 0.2) is 36.9 Å². The average Bonchev–Trinajstić information content (AvgIpc) is 2.95. The first-order valence-electron chi connectivity index (χ1n) is 7.58. The lowest BCUT2D eigenvalue weighted by Gasteiger charge is -2.34. The summed E-state index contributed by atoms with van der Waals surface area (Å²) >= 11 is 0. The molecule has 1 aromatic carbocycles. The lowest BCUT2D eigenvalue weighted by Crippen LogP contribution is -2.41. The van der Waals surface area contributed by atoms with Crippen LogP contribution in [-0.2, 0) is 19.1 Å². The smallest absolute Gasteiger partial charge is 0.324 e. The Hall–Kier alpha value is -2.10. The minimum Gasteiger partial charge on any atom is -0.465 e. The molecular weight excluding hydrogens is 280 g/mol. The molecule has 0 radical (unpaired) electrons. The zero-order valence-corrected chi connectivity index (χ0v) is 12.9. The maximum absolute atomic E-state index is 12.3. The quantitative estimate of drug-likeness (QED) is 0.633. The minimum atomic E-state index is -1.16. The number of benzene rings is 1. The molecule has 3 atom stereocenters. The number of hydrogen-bond donors (Lipinski definition) is 0. The molecule has 22 heavy (non-hydrogen) atoms. The molecule has 1 aliphatic carbocycles. The van der Waals surface area contributed by atoms with E-state index in [0.717, 1.165) is 11.1 Å². The molecule has 0 N–H and O–H groups in total. The van der Waals surface area contributed by atoms with Crippen molar-refractivity contribution in [3.05, 3.63) is 42.5 Å². The van der Waals surface area contributed by atoms with Crippen LogP contribution in [0.1, 0.15) is 32.3 Å². The standard InChI is InChI=1S/C18H20O4/c1-4-21-15(19)18-10-14(17(3,11-18)22-16(18)20)12(2)13-8-6-5-7-9-13/h5-9,14H,2,4,10-11H2,1,3H3/t14-,17+,18+/m0/s1. The van der Waals surface area contributed by atoms with E-state index in [9.17, 15) is 9.59 Å². The van der Waals surface area contributed by atoms with Crippen LogP contribution in [0, 0.1) is 11.3 Å². The molecule has 3 rings (SSSR count). The molecule has 1 aliphatic heterocycles. The predicted octanol–water partition coefficient (Wildman–Crippen LogP) is 2.97. The van der Waals surface area contributed by atoms with Crippen LogP contribution < -0.4 is 0 Å². The Morgan fingerprint density at radius 3 is 2.73 bits per heavy atom. The van der Waals surface area contributed by atoms with E-state index in [-0.39, 0.29) is 12.5 Å². The summed E-state index contributed by atoms with van der Waals surface area (Å²) in [5.41, 5.74) is 0.0716. The average molecular weight is 300 g/mol. The fourth-order valence-corrected chi connectivity index (χ4v) is 3.78. The monoisotopic (exact) mass is 300 g/mol. The molecule has 0 spiro atoms. The third kappa shape index (κ3) is 1.97. The third-order valence-electron chi connectivity index (χ3n) is 4.89. The van der Waals surface area contributed by atoms with Crippen molar-refractivity contribution < 1.29 is 19.1 Å². The SMILES string of the molecule is C=C(c1ccccc1)[C@@H]1C[C@]2(C(=O)OCC)C[C@@]1(C)OC2=O. The zero-order chi connectivity index (χ0) is 16.0. The van der Waals surface area contributed by atoms with Gasteiger partial charge in [0.05, 0.1) is 6.61 Å². The number of carbonyl (C=O) groups is 2. The molecule has 1 saturated heterocycles. The predicted molar refractivity (Wildman–Crippen MR) is 81.8 cm³/mol. The van der Waals surface area contributed by atoms with E-state index >= 15 is 0 Å². The Kier molecular flexibility index (Phi) is 3.35. The van der Waals surface area contributed by atoms with Gasteiger partial charge in [0, 0.05) is 12.3 Å². The van der Waals surface area contributed by atoms with Gasteiger partial charge in [-0.2, -0.15) is 0 Å². The maximum Gasteiger partial charge on any atom is 0.324 e. The zero-order valence-electron chi connectivity index (χ0n) is 12.9. The molecule has 1 saturated carbocycles. The van der Waals surface area contributed by atoms with Crippen LogP contribution in [0.3, 0.4) is 0 Å². The highest BCUT2D eigenvalue weighted by atomic mass is 16.6. The van der Waals surface area contributed by atoms with Crippen molar-refractivity contribution in [3.63, 3.8) is 0 Å². The molecule has 1 heterocycles. The van der Waals surface area contributed by atoms with Crippen LogP contribution in [-0.4, -0.2) is 24.1 Å². The van der Waals surface area contributed by atoms with Gasteiger partial charge < -0.3 is 9.47 Å². The van der Waals surface area contributed by atoms with Crippen LogP contribution >= 0.6 is 0 Å². The van der Waals surface area contributed by atoms with Crippen molar-refractivity contribution in [2.24, 2.45) is 11.3 Å². The highest BCUT2D eigenvalue weighted by molar-refractivity contribution is 6.03. The molecule has 4 nitrogen and oxygen atoms in total. The number of carbonyl (C=O) groups excluding carboxylic acids is 2. The van der Waals surface area contributed by atoms with Gasteiger partial charge in [0.15, 0.2) is 5.41 Å². The normalized spacial score (nSPS) is 32.6. The van der Waals surface area contributed by atoms with Gasteiger partial charge in [0.2, 0.25) is 0 Å². The van der Waals surface area contributed by atoms with E-state index in [1.165, 1.54) is 0 Å². The van der Waals surface area contributed by atoms with Gasteiger partial charge in [-0.05, 0) is 31.4 Å². The van der Waals surface area contributed by atoms with Crippen LogP contribution in [0.25, 0.3) is 5.57 Å². The number of esters is 2. The van der Waals surface area contributed by atoms with Crippen LogP contribution in [0.4, 0.5) is 0 Å². The van der Waals surface area contributed by atoms with E-state index in [1.807, 2.05) is 37.3 Å². The largest absolute Gasteiger partial charge is 0.465 e. The van der Waals surface area contributed by atoms with E-state index in [2.05, 4.69) is 6.58 Å². The summed E-state index contributed by atoms with van der Waals surface area (Å²) in [6.45, 7) is 8.07. The van der Waals surface area contributed by atoms with Gasteiger partial charge in [-0.3, -0.25) is 9.59 Å². The lowest BCUT2D eigenvalue weighted by molar-refractivity contribution is -0.172. The summed E-state index contributed by atoms with van der Waals surface area (Å²) in [4.78, 5) is 24.6. The van der Waals surface area contributed by atoms with Crippen molar-refractivity contribution in [3.8, 4) is 0 Å². The van der Waals surface area contributed by atoms with E-state index in [0.29, 0.717) is 12.8 Å². The van der Waals surface area contributed by atoms with Gasteiger partial charge >= 0.3 is 11.9 Å². The summed E-state index contributed by atoms with van der Waals surface area (Å²) in [6.07, 6.45) is 0.781. The van der Waals surface area contributed by atoms with E-state index in [1.54, 1.807) is 6.92 Å². The fourth-order valence-electron chi connectivity index (χ4n) is 3.78. The van der Waals surface area contributed by atoms with Crippen molar-refractivity contribution in [1.29, 1.82) is 0 Å². The molecule has 2 aliphatic rings. The first-order chi connectivity index (χ1) is 10.4. The van der Waals surface area contributed by atoms with Gasteiger partial charge in [-0.15, -0.1) is 0 Å². The topological polar surface area (TPSA) is 52.6 Å². The van der Waals surface area contributed by atoms with E-state index in [4.69, 9.17) is 9.47 Å². The molecule has 2 bridgehead atoms. The fraction of sp³-hybridized carbons (Fsp3) is 0.444. The van der Waals surface area contributed by atoms with Gasteiger partial charge in [-0.1, -0.05) is 36.9 Å². The Bertz CT molecular complexity index is 636. The molecule has 116 valence electrons. The van der Waals surface area contributed by atoms with Gasteiger partial charge in [0.25, 0.3) is 0 Å². The number of rotatable bonds is 4. The molecular formula is C18H20O4. The second-order valence-corrected chi connectivity index (χ2v) is 6.33. The summed E-state index contributed by atoms with van der Waals surface area (Å²) in [7, 11) is 0. The third-order valence-corrected chi connectivity index (χ3v) is 4.89.